The van der Waals surface area contributed by atoms with Gasteiger partial charge in [-0.3, -0.25) is 15.6 Å². The number of carbonyl (C=O) groups excluding carboxylic acids is 1. The Balaban J connectivity index is 2.04. The summed E-state index contributed by atoms with van der Waals surface area (Å²) in [5.41, 5.74) is 9.50. The average Bonchev–Trinajstić information content (AvgIpc) is 2.83. The van der Waals surface area contributed by atoms with Crippen LogP contribution in [0.4, 0.5) is 0 Å². The van der Waals surface area contributed by atoms with Crippen LogP contribution in [0.15, 0.2) is 58.5 Å². The molecule has 0 aromatic heterocycles. The highest BCUT2D eigenvalue weighted by Gasteiger charge is 2.12. The zero-order chi connectivity index (χ0) is 24.2. The van der Waals surface area contributed by atoms with E-state index in [0.29, 0.717) is 41.0 Å². The average molecular weight is 487 g/mol. The van der Waals surface area contributed by atoms with Gasteiger partial charge in [0.05, 0.1) is 5.71 Å². The minimum absolute atomic E-state index is 0.0392. The van der Waals surface area contributed by atoms with Crippen LogP contribution >= 0.6 is 24.4 Å². The maximum Gasteiger partial charge on any atom is 0.249 e. The van der Waals surface area contributed by atoms with Crippen LogP contribution in [-0.4, -0.2) is 60.1 Å². The molecule has 5 N–H and O–H groups in total. The zero-order valence-electron chi connectivity index (χ0n) is 19.2. The van der Waals surface area contributed by atoms with Gasteiger partial charge >= 0.3 is 0 Å². The summed E-state index contributed by atoms with van der Waals surface area (Å²) in [5.74, 6) is -0.0392. The third-order valence-electron chi connectivity index (χ3n) is 4.65. The van der Waals surface area contributed by atoms with Crippen molar-refractivity contribution in [2.45, 2.75) is 19.8 Å². The number of hydrogen-bond donors (Lipinski definition) is 5. The van der Waals surface area contributed by atoms with E-state index in [2.05, 4.69) is 37.0 Å². The van der Waals surface area contributed by atoms with Gasteiger partial charge in [-0.25, -0.2) is 0 Å². The number of rotatable bonds is 8. The van der Waals surface area contributed by atoms with Crippen LogP contribution in [0.25, 0.3) is 0 Å². The quantitative estimate of drug-likeness (QED) is 0.213. The van der Waals surface area contributed by atoms with Crippen LogP contribution in [0, 0.1) is 0 Å². The lowest BCUT2D eigenvalue weighted by molar-refractivity contribution is -0.117. The van der Waals surface area contributed by atoms with Gasteiger partial charge in [-0.15, -0.1) is 0 Å². The molecule has 0 bridgehead atoms. The summed E-state index contributed by atoms with van der Waals surface area (Å²) >= 11 is 10.2. The number of nitrogens with one attached hydrogen (secondary N) is 5. The van der Waals surface area contributed by atoms with E-state index in [1.165, 1.54) is 0 Å². The van der Waals surface area contributed by atoms with E-state index >= 15 is 0 Å². The lowest BCUT2D eigenvalue weighted by Crippen LogP contribution is -2.32. The first-order chi connectivity index (χ1) is 15.8. The van der Waals surface area contributed by atoms with Crippen LogP contribution in [-0.2, 0) is 11.2 Å². The second-order valence-corrected chi connectivity index (χ2v) is 7.97. The Morgan fingerprint density at radius 1 is 1.06 bits per heavy atom. The molecule has 0 unspecified atom stereocenters. The van der Waals surface area contributed by atoms with Crippen molar-refractivity contribution in [3.8, 4) is 0 Å². The van der Waals surface area contributed by atoms with E-state index in [1.807, 2.05) is 61.6 Å². The van der Waals surface area contributed by atoms with E-state index in [1.54, 1.807) is 14.1 Å². The highest BCUT2D eigenvalue weighted by atomic mass is 32.1. The molecule has 9 nitrogen and oxygen atoms in total. The van der Waals surface area contributed by atoms with Crippen LogP contribution < -0.4 is 26.8 Å². The SMILES string of the molecule is CNC(=S)N/N=C(\C(C)=N\NC(=S)NC)c1ccc(CCNC(=O)C2=CN(C)C=CC2)cc1. The van der Waals surface area contributed by atoms with Gasteiger partial charge in [0.2, 0.25) is 5.91 Å². The van der Waals surface area contributed by atoms with Gasteiger partial charge < -0.3 is 20.9 Å². The highest BCUT2D eigenvalue weighted by molar-refractivity contribution is 7.80. The number of hydrazone groups is 2. The maximum absolute atomic E-state index is 12.3. The fourth-order valence-electron chi connectivity index (χ4n) is 2.86. The van der Waals surface area contributed by atoms with Crippen molar-refractivity contribution in [1.29, 1.82) is 0 Å². The number of thiocarbonyl (C=S) groups is 2. The Hall–Kier alpha value is -3.31. The van der Waals surface area contributed by atoms with Gasteiger partial charge in [0.15, 0.2) is 10.2 Å². The predicted octanol–water partition coefficient (Wildman–Crippen LogP) is 1.35. The van der Waals surface area contributed by atoms with Gasteiger partial charge in [0.1, 0.15) is 5.71 Å². The summed E-state index contributed by atoms with van der Waals surface area (Å²) in [7, 11) is 5.33. The summed E-state index contributed by atoms with van der Waals surface area (Å²) in [4.78, 5) is 14.2. The van der Waals surface area contributed by atoms with Gasteiger partial charge in [0, 0.05) is 45.0 Å². The zero-order valence-corrected chi connectivity index (χ0v) is 20.9. The molecule has 176 valence electrons. The topological polar surface area (TPSA) is 105 Å². The molecule has 0 atom stereocenters. The van der Waals surface area contributed by atoms with Crippen LogP contribution in [0.2, 0.25) is 0 Å². The van der Waals surface area contributed by atoms with Crippen molar-refractivity contribution in [3.63, 3.8) is 0 Å². The summed E-state index contributed by atoms with van der Waals surface area (Å²) in [5, 5.41) is 18.1. The molecule has 1 aliphatic rings. The third-order valence-corrected chi connectivity index (χ3v) is 5.24. The normalized spacial score (nSPS) is 13.7. The van der Waals surface area contributed by atoms with Crippen molar-refractivity contribution < 1.29 is 4.79 Å². The molecule has 11 heteroatoms. The molecule has 0 aliphatic carbocycles. The molecular weight excluding hydrogens is 456 g/mol. The smallest absolute Gasteiger partial charge is 0.249 e. The van der Waals surface area contributed by atoms with Crippen LogP contribution in [0.3, 0.4) is 0 Å². The molecule has 1 aromatic rings. The van der Waals surface area contributed by atoms with Crippen LogP contribution in [0.1, 0.15) is 24.5 Å². The highest BCUT2D eigenvalue weighted by Crippen LogP contribution is 2.11. The van der Waals surface area contributed by atoms with E-state index in [-0.39, 0.29) is 5.91 Å². The largest absolute Gasteiger partial charge is 0.364 e. The molecular formula is C22H30N8OS2. The number of benzene rings is 1. The van der Waals surface area contributed by atoms with Gasteiger partial charge in [-0.1, -0.05) is 30.3 Å². The lowest BCUT2D eigenvalue weighted by Gasteiger charge is -2.16. The molecule has 1 heterocycles. The minimum Gasteiger partial charge on any atom is -0.364 e. The van der Waals surface area contributed by atoms with Crippen molar-refractivity contribution in [2.24, 2.45) is 10.2 Å². The Bertz CT molecular complexity index is 983. The molecule has 2 rings (SSSR count). The number of allylic oxidation sites excluding steroid dienone is 1. The van der Waals surface area contributed by atoms with Crippen molar-refractivity contribution in [1.82, 2.24) is 31.7 Å². The first-order valence-corrected chi connectivity index (χ1v) is 11.2. The monoisotopic (exact) mass is 486 g/mol. The number of amides is 1. The molecule has 1 aliphatic heterocycles. The van der Waals surface area contributed by atoms with E-state index in [4.69, 9.17) is 24.4 Å². The first kappa shape index (κ1) is 25.9. The van der Waals surface area contributed by atoms with Gasteiger partial charge in [-0.2, -0.15) is 10.2 Å². The fourth-order valence-corrected chi connectivity index (χ4v) is 2.95. The predicted molar refractivity (Wildman–Crippen MR) is 142 cm³/mol. The maximum atomic E-state index is 12.3. The number of nitrogens with zero attached hydrogens (tertiary/aromatic N) is 3. The number of carbonyl (C=O) groups is 1. The second kappa shape index (κ2) is 13.3. The Kier molecular flexibility index (Phi) is 10.4. The van der Waals surface area contributed by atoms with Gasteiger partial charge in [-0.05, 0) is 56.0 Å². The fraction of sp³-hybridized carbons (Fsp3) is 0.318. The molecule has 0 fully saturated rings. The lowest BCUT2D eigenvalue weighted by atomic mass is 10.0. The van der Waals surface area contributed by atoms with E-state index in [0.717, 1.165) is 16.7 Å². The van der Waals surface area contributed by atoms with Crippen molar-refractivity contribution in [3.05, 3.63) is 59.4 Å². The molecule has 33 heavy (non-hydrogen) atoms. The van der Waals surface area contributed by atoms with E-state index in [9.17, 15) is 4.79 Å². The summed E-state index contributed by atoms with van der Waals surface area (Å²) in [6.07, 6.45) is 7.12. The molecule has 0 radical (unpaired) electrons. The second-order valence-electron chi connectivity index (χ2n) is 7.15. The van der Waals surface area contributed by atoms with E-state index < -0.39 is 0 Å². The standard InChI is InChI=1S/C22H30N8OS2/c1-15(26-28-21(32)23-2)19(27-29-22(33)24-3)17-9-7-16(8-10-17)11-12-25-20(31)18-6-5-13-30(4)14-18/h5,7-10,13-14H,6,11-12H2,1-4H3,(H,25,31)(H2,23,28,32)(H2,24,29,33)/b26-15+,27-19+. The van der Waals surface area contributed by atoms with Crippen molar-refractivity contribution >= 4 is 52.0 Å². The van der Waals surface area contributed by atoms with Crippen LogP contribution in [0.5, 0.6) is 0 Å². The summed E-state index contributed by atoms with van der Waals surface area (Å²) in [6, 6.07) is 7.92. The molecule has 1 aromatic carbocycles. The molecule has 0 saturated carbocycles. The third kappa shape index (κ3) is 8.62. The number of hydrogen-bond acceptors (Lipinski definition) is 6. The first-order valence-electron chi connectivity index (χ1n) is 10.4. The van der Waals surface area contributed by atoms with Gasteiger partial charge in [0.25, 0.3) is 0 Å². The minimum atomic E-state index is -0.0392. The molecule has 0 spiro atoms. The Morgan fingerprint density at radius 2 is 1.70 bits per heavy atom. The van der Waals surface area contributed by atoms with Crippen molar-refractivity contribution in [2.75, 3.05) is 27.7 Å². The summed E-state index contributed by atoms with van der Waals surface area (Å²) in [6.45, 7) is 2.37. The molecule has 0 saturated heterocycles. The Labute approximate surface area is 205 Å². The molecule has 1 amide bonds. The Morgan fingerprint density at radius 3 is 2.30 bits per heavy atom. The summed E-state index contributed by atoms with van der Waals surface area (Å²) < 4.78 is 0.